The molecule has 0 heterocycles. The van der Waals surface area contributed by atoms with Gasteiger partial charge in [0, 0.05) is 16.6 Å². The molecule has 19 heavy (non-hydrogen) atoms. The topological polar surface area (TPSA) is 30.5 Å². The Labute approximate surface area is 122 Å². The van der Waals surface area contributed by atoms with Crippen LogP contribution in [-0.2, 0) is 11.4 Å². The van der Waals surface area contributed by atoms with Crippen molar-refractivity contribution in [2.24, 2.45) is 0 Å². The van der Waals surface area contributed by atoms with Crippen molar-refractivity contribution in [2.75, 3.05) is 6.61 Å². The highest BCUT2D eigenvalue weighted by atomic mass is 79.9. The van der Waals surface area contributed by atoms with E-state index in [-0.39, 0.29) is 6.61 Å². The third-order valence-corrected chi connectivity index (χ3v) is 3.64. The van der Waals surface area contributed by atoms with Crippen molar-refractivity contribution in [2.45, 2.75) is 38.3 Å². The summed E-state index contributed by atoms with van der Waals surface area (Å²) < 4.78 is 6.52. The molecule has 0 radical (unpaired) electrons. The van der Waals surface area contributed by atoms with Crippen molar-refractivity contribution in [1.29, 1.82) is 0 Å². The van der Waals surface area contributed by atoms with Gasteiger partial charge in [0.15, 0.2) is 0 Å². The van der Waals surface area contributed by atoms with Crippen LogP contribution in [0.25, 0.3) is 0 Å². The van der Waals surface area contributed by atoms with Gasteiger partial charge < -0.3 is 4.74 Å². The van der Waals surface area contributed by atoms with Crippen LogP contribution in [0.15, 0.2) is 22.7 Å². The maximum atomic E-state index is 5.65. The number of hydrogen-bond acceptors (Lipinski definition) is 3. The zero-order valence-corrected chi connectivity index (χ0v) is 12.4. The number of halogens is 1. The fourth-order valence-electron chi connectivity index (χ4n) is 2.19. The molecule has 1 fully saturated rings. The van der Waals surface area contributed by atoms with Crippen molar-refractivity contribution < 1.29 is 9.57 Å². The number of hydrogen-bond donors (Lipinski definition) is 1. The van der Waals surface area contributed by atoms with Gasteiger partial charge in [0.2, 0.25) is 0 Å². The Morgan fingerprint density at radius 3 is 2.89 bits per heavy atom. The third-order valence-electron chi connectivity index (χ3n) is 3.15. The monoisotopic (exact) mass is 323 g/mol. The molecule has 1 aromatic carbocycles. The highest BCUT2D eigenvalue weighted by Crippen LogP contribution is 2.24. The summed E-state index contributed by atoms with van der Waals surface area (Å²) in [4.78, 5) is 5.65. The SMILES string of the molecule is C#CCOc1ccc(Br)cc1CNOC1CCCC1. The van der Waals surface area contributed by atoms with Crippen LogP contribution >= 0.6 is 15.9 Å². The largest absolute Gasteiger partial charge is 0.481 e. The summed E-state index contributed by atoms with van der Waals surface area (Å²) in [6, 6.07) is 5.86. The lowest BCUT2D eigenvalue weighted by atomic mass is 10.2. The third kappa shape index (κ3) is 4.54. The molecular formula is C15H18BrNO2. The molecule has 0 aromatic heterocycles. The van der Waals surface area contributed by atoms with E-state index < -0.39 is 0 Å². The van der Waals surface area contributed by atoms with Crippen molar-refractivity contribution in [3.63, 3.8) is 0 Å². The molecule has 0 unspecified atom stereocenters. The smallest absolute Gasteiger partial charge is 0.148 e. The minimum atomic E-state index is 0.276. The van der Waals surface area contributed by atoms with Crippen molar-refractivity contribution >= 4 is 15.9 Å². The summed E-state index contributed by atoms with van der Waals surface area (Å²) in [6.07, 6.45) is 10.4. The molecule has 4 heteroatoms. The van der Waals surface area contributed by atoms with E-state index in [1.807, 2.05) is 18.2 Å². The molecule has 3 nitrogen and oxygen atoms in total. The first-order valence-electron chi connectivity index (χ1n) is 6.53. The summed E-state index contributed by atoms with van der Waals surface area (Å²) in [5, 5.41) is 0. The Hall–Kier alpha value is -1.02. The molecule has 102 valence electrons. The van der Waals surface area contributed by atoms with Gasteiger partial charge in [0.05, 0.1) is 6.10 Å². The zero-order chi connectivity index (χ0) is 13.5. The summed E-state index contributed by atoms with van der Waals surface area (Å²) >= 11 is 3.46. The maximum absolute atomic E-state index is 5.65. The minimum Gasteiger partial charge on any atom is -0.481 e. The summed E-state index contributed by atoms with van der Waals surface area (Å²) in [5.74, 6) is 3.27. The number of ether oxygens (including phenoxy) is 1. The Morgan fingerprint density at radius 1 is 1.37 bits per heavy atom. The van der Waals surface area contributed by atoms with Crippen LogP contribution in [0.2, 0.25) is 0 Å². The molecule has 0 bridgehead atoms. The number of benzene rings is 1. The number of terminal acetylenes is 1. The molecule has 1 aliphatic carbocycles. The lowest BCUT2D eigenvalue weighted by Gasteiger charge is -2.14. The van der Waals surface area contributed by atoms with Crippen LogP contribution in [-0.4, -0.2) is 12.7 Å². The van der Waals surface area contributed by atoms with E-state index in [0.29, 0.717) is 12.6 Å². The van der Waals surface area contributed by atoms with Gasteiger partial charge in [-0.15, -0.1) is 6.42 Å². The number of nitrogens with one attached hydrogen (secondary N) is 1. The first kappa shape index (κ1) is 14.4. The van der Waals surface area contributed by atoms with E-state index in [4.69, 9.17) is 16.0 Å². The normalized spacial score (nSPS) is 15.4. The molecule has 0 spiro atoms. The quantitative estimate of drug-likeness (QED) is 0.642. The molecule has 1 aliphatic rings. The van der Waals surface area contributed by atoms with Gasteiger partial charge in [-0.2, -0.15) is 5.48 Å². The first-order valence-corrected chi connectivity index (χ1v) is 7.32. The lowest BCUT2D eigenvalue weighted by Crippen LogP contribution is -2.21. The fraction of sp³-hybridized carbons (Fsp3) is 0.467. The number of hydroxylamine groups is 1. The van der Waals surface area contributed by atoms with Gasteiger partial charge in [-0.1, -0.05) is 34.7 Å². The Morgan fingerprint density at radius 2 is 2.16 bits per heavy atom. The van der Waals surface area contributed by atoms with E-state index in [2.05, 4.69) is 27.3 Å². The summed E-state index contributed by atoms with van der Waals surface area (Å²) in [6.45, 7) is 0.883. The van der Waals surface area contributed by atoms with Crippen LogP contribution in [0.1, 0.15) is 31.2 Å². The van der Waals surface area contributed by atoms with E-state index >= 15 is 0 Å². The number of rotatable bonds is 6. The van der Waals surface area contributed by atoms with Crippen LogP contribution in [0.4, 0.5) is 0 Å². The maximum Gasteiger partial charge on any atom is 0.148 e. The summed E-state index contributed by atoms with van der Waals surface area (Å²) in [7, 11) is 0. The second-order valence-corrected chi connectivity index (χ2v) is 5.51. The van der Waals surface area contributed by atoms with Gasteiger partial charge in [-0.3, -0.25) is 4.84 Å². The lowest BCUT2D eigenvalue weighted by molar-refractivity contribution is -0.0246. The van der Waals surface area contributed by atoms with Crippen molar-refractivity contribution in [1.82, 2.24) is 5.48 Å². The second kappa shape index (κ2) is 7.54. The Kier molecular flexibility index (Phi) is 5.71. The molecular weight excluding hydrogens is 306 g/mol. The molecule has 0 aliphatic heterocycles. The second-order valence-electron chi connectivity index (χ2n) is 4.59. The van der Waals surface area contributed by atoms with E-state index in [1.54, 1.807) is 0 Å². The predicted molar refractivity (Wildman–Crippen MR) is 78.7 cm³/mol. The van der Waals surface area contributed by atoms with Crippen LogP contribution in [0.5, 0.6) is 5.75 Å². The van der Waals surface area contributed by atoms with Gasteiger partial charge in [0.25, 0.3) is 0 Å². The fourth-order valence-corrected chi connectivity index (χ4v) is 2.60. The summed E-state index contributed by atoms with van der Waals surface area (Å²) in [5.41, 5.74) is 4.07. The minimum absolute atomic E-state index is 0.276. The molecule has 0 saturated heterocycles. The molecule has 0 atom stereocenters. The molecule has 0 amide bonds. The molecule has 1 N–H and O–H groups in total. The van der Waals surface area contributed by atoms with Crippen LogP contribution < -0.4 is 10.2 Å². The van der Waals surface area contributed by atoms with Crippen LogP contribution in [0, 0.1) is 12.3 Å². The zero-order valence-electron chi connectivity index (χ0n) is 10.8. The van der Waals surface area contributed by atoms with Crippen LogP contribution in [0.3, 0.4) is 0 Å². The van der Waals surface area contributed by atoms with E-state index in [1.165, 1.54) is 12.8 Å². The van der Waals surface area contributed by atoms with Crippen molar-refractivity contribution in [3.8, 4) is 18.1 Å². The van der Waals surface area contributed by atoms with Gasteiger partial charge >= 0.3 is 0 Å². The first-order chi connectivity index (χ1) is 9.29. The van der Waals surface area contributed by atoms with Gasteiger partial charge in [0.1, 0.15) is 12.4 Å². The molecule has 1 saturated carbocycles. The predicted octanol–water partition coefficient (Wildman–Crippen LogP) is 3.42. The highest BCUT2D eigenvalue weighted by Gasteiger charge is 2.15. The average Bonchev–Trinajstić information content (AvgIpc) is 2.91. The Balaban J connectivity index is 1.89. The van der Waals surface area contributed by atoms with Gasteiger partial charge in [-0.25, -0.2) is 0 Å². The Bertz CT molecular complexity index is 450. The average molecular weight is 324 g/mol. The van der Waals surface area contributed by atoms with Gasteiger partial charge in [-0.05, 0) is 31.0 Å². The van der Waals surface area contributed by atoms with E-state index in [0.717, 1.165) is 28.6 Å². The molecule has 2 rings (SSSR count). The molecule has 1 aromatic rings. The highest BCUT2D eigenvalue weighted by molar-refractivity contribution is 9.10. The van der Waals surface area contributed by atoms with Crippen molar-refractivity contribution in [3.05, 3.63) is 28.2 Å². The standard InChI is InChI=1S/C15H18BrNO2/c1-2-9-18-15-8-7-13(16)10-12(15)11-17-19-14-5-3-4-6-14/h1,7-8,10,14,17H,3-6,9,11H2. The van der Waals surface area contributed by atoms with E-state index in [9.17, 15) is 0 Å².